The number of likely N-dealkylation sites (tertiary alicyclic amines) is 1. The fourth-order valence-corrected chi connectivity index (χ4v) is 6.00. The molecule has 0 amide bonds. The third kappa shape index (κ3) is 7.90. The second-order valence-corrected chi connectivity index (χ2v) is 11.1. The summed E-state index contributed by atoms with van der Waals surface area (Å²) in [6.07, 6.45) is 2.21. The zero-order valence-corrected chi connectivity index (χ0v) is 23.1. The van der Waals surface area contributed by atoms with E-state index < -0.39 is 24.1 Å². The summed E-state index contributed by atoms with van der Waals surface area (Å²) < 4.78 is 55.3. The van der Waals surface area contributed by atoms with E-state index in [-0.39, 0.29) is 17.6 Å². The number of nitrogens with zero attached hydrogens (tertiary/aromatic N) is 2. The van der Waals surface area contributed by atoms with Crippen LogP contribution in [0.3, 0.4) is 0 Å². The van der Waals surface area contributed by atoms with Crippen molar-refractivity contribution in [3.8, 4) is 5.75 Å². The van der Waals surface area contributed by atoms with E-state index in [4.69, 9.17) is 14.5 Å². The van der Waals surface area contributed by atoms with Crippen molar-refractivity contribution in [1.29, 1.82) is 0 Å². The van der Waals surface area contributed by atoms with Crippen LogP contribution in [0.1, 0.15) is 72.9 Å². The first-order chi connectivity index (χ1) is 19.8. The minimum Gasteiger partial charge on any atom is -0.480 e. The van der Waals surface area contributed by atoms with Crippen LogP contribution in [0.25, 0.3) is 0 Å². The molecule has 1 aromatic heterocycles. The Bertz CT molecular complexity index is 1190. The zero-order valence-electron chi connectivity index (χ0n) is 23.1. The molecule has 4 heterocycles. The molecule has 0 spiro atoms. The molecular formula is C30H38F3N3O5. The Kier molecular flexibility index (Phi) is 9.67. The highest BCUT2D eigenvalue weighted by Crippen LogP contribution is 2.38. The van der Waals surface area contributed by atoms with Crippen LogP contribution in [-0.2, 0) is 27.1 Å². The number of aromatic nitrogens is 1. The number of rotatable bonds is 12. The highest BCUT2D eigenvalue weighted by atomic mass is 19.4. The van der Waals surface area contributed by atoms with Gasteiger partial charge in [0.25, 0.3) is 0 Å². The predicted molar refractivity (Wildman–Crippen MR) is 146 cm³/mol. The number of carboxylic acid groups (broad SMARTS) is 1. The smallest absolute Gasteiger partial charge is 0.480 e. The van der Waals surface area contributed by atoms with Gasteiger partial charge in [0.05, 0.1) is 12.7 Å². The van der Waals surface area contributed by atoms with E-state index in [1.807, 2.05) is 0 Å². The normalized spacial score (nSPS) is 21.8. The van der Waals surface area contributed by atoms with Gasteiger partial charge < -0.3 is 24.6 Å². The fourth-order valence-electron chi connectivity index (χ4n) is 6.00. The van der Waals surface area contributed by atoms with Crippen molar-refractivity contribution in [2.45, 2.75) is 75.8 Å². The number of benzene rings is 1. The van der Waals surface area contributed by atoms with Crippen molar-refractivity contribution >= 4 is 11.8 Å². The van der Waals surface area contributed by atoms with Crippen LogP contribution in [0.5, 0.6) is 5.75 Å². The second-order valence-electron chi connectivity index (χ2n) is 11.1. The Hall–Kier alpha value is -2.89. The number of carboxylic acids is 1. The number of alkyl halides is 3. The molecule has 1 aromatic carbocycles. The van der Waals surface area contributed by atoms with Gasteiger partial charge in [0, 0.05) is 50.0 Å². The van der Waals surface area contributed by atoms with Crippen LogP contribution in [0.2, 0.25) is 0 Å². The quantitative estimate of drug-likeness (QED) is 0.321. The number of pyridine rings is 1. The van der Waals surface area contributed by atoms with Crippen LogP contribution in [-0.4, -0.2) is 72.9 Å². The number of ether oxygens (including phenoxy) is 3. The first-order valence-electron chi connectivity index (χ1n) is 14.6. The van der Waals surface area contributed by atoms with Crippen LogP contribution in [0, 0.1) is 0 Å². The number of halogens is 3. The number of hydrogen-bond donors (Lipinski definition) is 2. The number of aliphatic carboxylic acids is 1. The minimum atomic E-state index is -4.93. The largest absolute Gasteiger partial charge is 0.573 e. The van der Waals surface area contributed by atoms with Crippen molar-refractivity contribution in [2.24, 2.45) is 0 Å². The number of carbonyl (C=O) groups is 1. The molecule has 0 bridgehead atoms. The molecule has 3 atom stereocenters. The monoisotopic (exact) mass is 577 g/mol. The van der Waals surface area contributed by atoms with Gasteiger partial charge in [0.2, 0.25) is 0 Å². The number of aryl methyl sites for hydroxylation is 2. The molecule has 3 aliphatic rings. The zero-order chi connectivity index (χ0) is 28.8. The van der Waals surface area contributed by atoms with Gasteiger partial charge in [-0.3, -0.25) is 9.69 Å². The van der Waals surface area contributed by atoms with Crippen LogP contribution in [0.4, 0.5) is 19.0 Å². The summed E-state index contributed by atoms with van der Waals surface area (Å²) in [7, 11) is 0. The van der Waals surface area contributed by atoms with Crippen molar-refractivity contribution in [3.05, 3.63) is 52.7 Å². The first-order valence-corrected chi connectivity index (χ1v) is 14.6. The average Bonchev–Trinajstić information content (AvgIpc) is 3.64. The standard InChI is InChI=1S/C30H38F3N3O5/c31-30(32,33)41-26-10-8-21(22-12-16-39-19-22)17-25(26)27(29(37)38)36-14-11-24(18-36)40-15-3-1-2-6-23-9-7-20-5-4-13-34-28(20)35-23/h7-10,17,22,24,27H,1-6,11-16,18-19H2,(H,34,35)(H,37,38)/t22?,24-,27?/m1/s1. The lowest BCUT2D eigenvalue weighted by molar-refractivity contribution is -0.275. The molecule has 2 saturated heterocycles. The maximum Gasteiger partial charge on any atom is 0.573 e. The molecule has 0 saturated carbocycles. The number of anilines is 1. The lowest BCUT2D eigenvalue weighted by Gasteiger charge is -2.27. The average molecular weight is 578 g/mol. The summed E-state index contributed by atoms with van der Waals surface area (Å²) in [4.78, 5) is 18.8. The molecule has 3 aliphatic heterocycles. The van der Waals surface area contributed by atoms with Crippen molar-refractivity contribution in [1.82, 2.24) is 9.88 Å². The molecule has 0 radical (unpaired) electrons. The molecule has 0 aliphatic carbocycles. The molecular weight excluding hydrogens is 539 g/mol. The molecule has 5 rings (SSSR count). The molecule has 8 nitrogen and oxygen atoms in total. The Morgan fingerprint density at radius 2 is 2.07 bits per heavy atom. The molecule has 2 fully saturated rings. The van der Waals surface area contributed by atoms with E-state index in [0.29, 0.717) is 39.3 Å². The lowest BCUT2D eigenvalue weighted by atomic mass is 9.93. The molecule has 41 heavy (non-hydrogen) atoms. The SMILES string of the molecule is O=C(O)C(c1cc(C2CCOC2)ccc1OC(F)(F)F)N1CC[C@@H](OCCCCCc2ccc3c(n2)NCCC3)C1. The summed E-state index contributed by atoms with van der Waals surface area (Å²) in [5, 5.41) is 13.5. The van der Waals surface area contributed by atoms with E-state index in [1.54, 1.807) is 17.0 Å². The van der Waals surface area contributed by atoms with E-state index in [0.717, 1.165) is 68.6 Å². The maximum atomic E-state index is 13.2. The summed E-state index contributed by atoms with van der Waals surface area (Å²) in [5.74, 6) is -0.680. The Morgan fingerprint density at radius 3 is 2.85 bits per heavy atom. The van der Waals surface area contributed by atoms with Crippen molar-refractivity contribution in [2.75, 3.05) is 44.8 Å². The van der Waals surface area contributed by atoms with Gasteiger partial charge in [0.1, 0.15) is 17.6 Å². The third-order valence-electron chi connectivity index (χ3n) is 8.11. The fraction of sp³-hybridized carbons (Fsp3) is 0.600. The Balaban J connectivity index is 1.13. The molecule has 2 unspecified atom stereocenters. The highest BCUT2D eigenvalue weighted by Gasteiger charge is 2.39. The number of hydrogen-bond acceptors (Lipinski definition) is 7. The van der Waals surface area contributed by atoms with E-state index in [2.05, 4.69) is 22.2 Å². The molecule has 224 valence electrons. The van der Waals surface area contributed by atoms with Gasteiger partial charge in [-0.05, 0) is 74.3 Å². The van der Waals surface area contributed by atoms with Gasteiger partial charge in [-0.15, -0.1) is 13.2 Å². The summed E-state index contributed by atoms with van der Waals surface area (Å²) in [5.41, 5.74) is 3.13. The summed E-state index contributed by atoms with van der Waals surface area (Å²) in [6, 6.07) is 7.34. The topological polar surface area (TPSA) is 93.2 Å². The number of nitrogens with one attached hydrogen (secondary N) is 1. The maximum absolute atomic E-state index is 13.2. The summed E-state index contributed by atoms with van der Waals surface area (Å²) in [6.45, 7) is 3.27. The molecule has 2 N–H and O–H groups in total. The van der Waals surface area contributed by atoms with Crippen molar-refractivity contribution < 1.29 is 37.3 Å². The molecule has 11 heteroatoms. The van der Waals surface area contributed by atoms with Crippen LogP contribution < -0.4 is 10.1 Å². The van der Waals surface area contributed by atoms with Gasteiger partial charge in [-0.2, -0.15) is 0 Å². The molecule has 2 aromatic rings. The van der Waals surface area contributed by atoms with Gasteiger partial charge >= 0.3 is 12.3 Å². The first kappa shape index (κ1) is 29.6. The van der Waals surface area contributed by atoms with Gasteiger partial charge in [-0.25, -0.2) is 4.98 Å². The van der Waals surface area contributed by atoms with Gasteiger partial charge in [0.15, 0.2) is 0 Å². The van der Waals surface area contributed by atoms with E-state index >= 15 is 0 Å². The predicted octanol–water partition coefficient (Wildman–Crippen LogP) is 5.47. The van der Waals surface area contributed by atoms with Gasteiger partial charge in [-0.1, -0.05) is 18.6 Å². The number of unbranched alkanes of at least 4 members (excludes halogenated alkanes) is 2. The third-order valence-corrected chi connectivity index (χ3v) is 8.11. The highest BCUT2D eigenvalue weighted by molar-refractivity contribution is 5.77. The van der Waals surface area contributed by atoms with E-state index in [9.17, 15) is 23.1 Å². The Morgan fingerprint density at radius 1 is 1.20 bits per heavy atom. The summed E-state index contributed by atoms with van der Waals surface area (Å²) >= 11 is 0. The van der Waals surface area contributed by atoms with Crippen LogP contribution >= 0.6 is 0 Å². The Labute approximate surface area is 238 Å². The lowest BCUT2D eigenvalue weighted by Crippen LogP contribution is -2.34. The van der Waals surface area contributed by atoms with Crippen molar-refractivity contribution in [3.63, 3.8) is 0 Å². The minimum absolute atomic E-state index is 0.00543. The number of fused-ring (bicyclic) bond motifs is 1. The second kappa shape index (κ2) is 13.4. The van der Waals surface area contributed by atoms with Crippen LogP contribution in [0.15, 0.2) is 30.3 Å². The van der Waals surface area contributed by atoms with E-state index in [1.165, 1.54) is 11.6 Å².